The van der Waals surface area contributed by atoms with Crippen molar-refractivity contribution in [3.63, 3.8) is 0 Å². The molecule has 0 aliphatic carbocycles. The standard InChI is InChI=1S/C27H46N2O10S/c1-24(2,18-11-26(35,13-20(31)32)14-21(33)38-18)7-5-9-28-23(40)29-10-6-8-25(3,4)19-12-27(36,16-37-17-30)15-22(34)39-19/h18-19,30,35-36H,5-17H2,1-4H3,(H,31,32)(H2,28,29,40). The highest BCUT2D eigenvalue weighted by Crippen LogP contribution is 2.40. The summed E-state index contributed by atoms with van der Waals surface area (Å²) >= 11 is 5.37. The van der Waals surface area contributed by atoms with Crippen molar-refractivity contribution in [2.45, 2.75) is 109 Å². The lowest BCUT2D eigenvalue weighted by Crippen LogP contribution is -2.51. The molecule has 0 amide bonds. The predicted octanol–water partition coefficient (Wildman–Crippen LogP) is 1.38. The van der Waals surface area contributed by atoms with E-state index in [4.69, 9.17) is 36.6 Å². The Morgan fingerprint density at radius 2 is 1.40 bits per heavy atom. The van der Waals surface area contributed by atoms with Gasteiger partial charge < -0.3 is 45.3 Å². The lowest BCUT2D eigenvalue weighted by atomic mass is 9.74. The number of carboxylic acid groups (broad SMARTS) is 1. The Morgan fingerprint density at radius 1 is 0.950 bits per heavy atom. The number of nitrogens with one attached hydrogen (secondary N) is 2. The summed E-state index contributed by atoms with van der Waals surface area (Å²) in [4.78, 5) is 35.2. The van der Waals surface area contributed by atoms with Crippen LogP contribution in [-0.2, 0) is 28.6 Å². The first-order valence-corrected chi connectivity index (χ1v) is 14.2. The normalized spacial score (nSPS) is 27.5. The van der Waals surface area contributed by atoms with E-state index in [-0.39, 0.29) is 32.3 Å². The van der Waals surface area contributed by atoms with Crippen LogP contribution in [0.4, 0.5) is 0 Å². The van der Waals surface area contributed by atoms with Crippen molar-refractivity contribution in [2.24, 2.45) is 10.8 Å². The minimum atomic E-state index is -1.60. The van der Waals surface area contributed by atoms with Crippen molar-refractivity contribution in [2.75, 3.05) is 26.5 Å². The summed E-state index contributed by atoms with van der Waals surface area (Å²) in [6.45, 7) is 8.33. The van der Waals surface area contributed by atoms with Crippen LogP contribution in [0.3, 0.4) is 0 Å². The van der Waals surface area contributed by atoms with Gasteiger partial charge >= 0.3 is 17.9 Å². The highest BCUT2D eigenvalue weighted by Gasteiger charge is 2.47. The first-order valence-electron chi connectivity index (χ1n) is 13.8. The molecule has 2 aliphatic rings. The third kappa shape index (κ3) is 10.7. The molecule has 230 valence electrons. The first-order chi connectivity index (χ1) is 18.5. The van der Waals surface area contributed by atoms with Gasteiger partial charge in [0.05, 0.1) is 31.5 Å². The van der Waals surface area contributed by atoms with E-state index in [1.807, 2.05) is 27.7 Å². The summed E-state index contributed by atoms with van der Waals surface area (Å²) in [6.07, 6.45) is 1.07. The number of aliphatic hydroxyl groups excluding tert-OH is 1. The van der Waals surface area contributed by atoms with E-state index in [1.54, 1.807) is 0 Å². The highest BCUT2D eigenvalue weighted by molar-refractivity contribution is 7.80. The smallest absolute Gasteiger partial charge is 0.309 e. The zero-order valence-electron chi connectivity index (χ0n) is 24.0. The molecule has 0 spiro atoms. The van der Waals surface area contributed by atoms with E-state index in [0.717, 1.165) is 6.42 Å². The SMILES string of the molecule is CC(C)(CCCNC(=S)NCCCC(C)(C)C1CC(O)(CC(=O)O)CC(=O)O1)C1CC(O)(COCO)CC(=O)O1. The largest absolute Gasteiger partial charge is 0.481 e. The summed E-state index contributed by atoms with van der Waals surface area (Å²) in [5.74, 6) is -2.23. The van der Waals surface area contributed by atoms with E-state index in [2.05, 4.69) is 10.6 Å². The molecule has 0 aromatic heterocycles. The van der Waals surface area contributed by atoms with Gasteiger partial charge in [-0.1, -0.05) is 27.7 Å². The van der Waals surface area contributed by atoms with E-state index < -0.39 is 65.4 Å². The van der Waals surface area contributed by atoms with Gasteiger partial charge in [0.25, 0.3) is 0 Å². The number of hydrogen-bond donors (Lipinski definition) is 6. The van der Waals surface area contributed by atoms with Crippen LogP contribution in [0.1, 0.15) is 85.5 Å². The van der Waals surface area contributed by atoms with Gasteiger partial charge in [-0.2, -0.15) is 0 Å². The average Bonchev–Trinajstić information content (AvgIpc) is 2.81. The van der Waals surface area contributed by atoms with Crippen LogP contribution < -0.4 is 10.6 Å². The fourth-order valence-electron chi connectivity index (χ4n) is 5.37. The number of hydrogen-bond acceptors (Lipinski definition) is 10. The number of thiocarbonyl (C=S) groups is 1. The molecule has 0 radical (unpaired) electrons. The van der Waals surface area contributed by atoms with Crippen molar-refractivity contribution in [1.29, 1.82) is 0 Å². The number of carbonyl (C=O) groups excluding carboxylic acids is 2. The molecule has 4 atom stereocenters. The lowest BCUT2D eigenvalue weighted by Gasteiger charge is -2.42. The average molecular weight is 591 g/mol. The molecule has 0 aromatic carbocycles. The van der Waals surface area contributed by atoms with Crippen molar-refractivity contribution in [1.82, 2.24) is 10.6 Å². The second kappa shape index (κ2) is 14.2. The zero-order valence-corrected chi connectivity index (χ0v) is 24.8. The molecule has 0 aromatic rings. The van der Waals surface area contributed by atoms with E-state index in [1.165, 1.54) is 0 Å². The Morgan fingerprint density at radius 3 is 1.85 bits per heavy atom. The number of carbonyl (C=O) groups is 3. The summed E-state index contributed by atoms with van der Waals surface area (Å²) in [5.41, 5.74) is -3.83. The molecule has 2 rings (SSSR count). The summed E-state index contributed by atoms with van der Waals surface area (Å²) in [5, 5.41) is 46.1. The van der Waals surface area contributed by atoms with Crippen molar-refractivity contribution < 1.29 is 49.0 Å². The van der Waals surface area contributed by atoms with Crippen molar-refractivity contribution >= 4 is 35.2 Å². The Balaban J connectivity index is 1.71. The monoisotopic (exact) mass is 590 g/mol. The number of aliphatic carboxylic acids is 1. The third-order valence-electron chi connectivity index (χ3n) is 7.88. The molecule has 12 nitrogen and oxygen atoms in total. The second-order valence-electron chi connectivity index (χ2n) is 12.6. The number of cyclic esters (lactones) is 2. The molecule has 0 saturated carbocycles. The van der Waals surface area contributed by atoms with Crippen molar-refractivity contribution in [3.8, 4) is 0 Å². The molecule has 40 heavy (non-hydrogen) atoms. The maximum Gasteiger partial charge on any atom is 0.309 e. The first kappa shape index (κ1) is 34.1. The van der Waals surface area contributed by atoms with Crippen LogP contribution in [0, 0.1) is 10.8 Å². The molecular formula is C27H46N2O10S. The van der Waals surface area contributed by atoms with Gasteiger partial charge in [-0.3, -0.25) is 14.4 Å². The predicted molar refractivity (Wildman–Crippen MR) is 148 cm³/mol. The number of aliphatic hydroxyl groups is 3. The van der Waals surface area contributed by atoms with Crippen LogP contribution in [-0.4, -0.2) is 93.3 Å². The van der Waals surface area contributed by atoms with Crippen LogP contribution in [0.15, 0.2) is 0 Å². The third-order valence-corrected chi connectivity index (χ3v) is 8.17. The van der Waals surface area contributed by atoms with Gasteiger partial charge in [-0.05, 0) is 37.9 Å². The molecule has 6 N–H and O–H groups in total. The molecular weight excluding hydrogens is 544 g/mol. The van der Waals surface area contributed by atoms with E-state index in [9.17, 15) is 24.6 Å². The van der Waals surface area contributed by atoms with Gasteiger partial charge in [0.2, 0.25) is 0 Å². The number of carboxylic acids is 1. The number of ether oxygens (including phenoxy) is 3. The maximum absolute atomic E-state index is 12.1. The Labute approximate surface area is 241 Å². The van der Waals surface area contributed by atoms with E-state index >= 15 is 0 Å². The topological polar surface area (TPSA) is 184 Å². The molecule has 2 fully saturated rings. The van der Waals surface area contributed by atoms with Gasteiger partial charge in [0.15, 0.2) is 5.11 Å². The zero-order chi connectivity index (χ0) is 30.2. The van der Waals surface area contributed by atoms with Crippen LogP contribution in [0.25, 0.3) is 0 Å². The number of rotatable bonds is 15. The minimum absolute atomic E-state index is 0.0809. The number of esters is 2. The van der Waals surface area contributed by atoms with Crippen LogP contribution in [0.2, 0.25) is 0 Å². The highest BCUT2D eigenvalue weighted by atomic mass is 32.1. The molecule has 0 bridgehead atoms. The van der Waals surface area contributed by atoms with E-state index in [0.29, 0.717) is 37.5 Å². The van der Waals surface area contributed by atoms with Gasteiger partial charge in [0.1, 0.15) is 24.6 Å². The fraction of sp³-hybridized carbons (Fsp3) is 0.852. The van der Waals surface area contributed by atoms with Crippen molar-refractivity contribution in [3.05, 3.63) is 0 Å². The summed E-state index contributed by atoms with van der Waals surface area (Å²) in [7, 11) is 0. The molecule has 2 aliphatic heterocycles. The molecule has 2 heterocycles. The fourth-order valence-corrected chi connectivity index (χ4v) is 5.57. The summed E-state index contributed by atoms with van der Waals surface area (Å²) in [6, 6.07) is 0. The van der Waals surface area contributed by atoms with Gasteiger partial charge in [-0.25, -0.2) is 0 Å². The molecule has 13 heteroatoms. The maximum atomic E-state index is 12.1. The molecule has 2 saturated heterocycles. The Bertz CT molecular complexity index is 910. The van der Waals surface area contributed by atoms with Crippen LogP contribution in [0.5, 0.6) is 0 Å². The summed E-state index contributed by atoms with van der Waals surface area (Å²) < 4.78 is 15.9. The quantitative estimate of drug-likeness (QED) is 0.0696. The minimum Gasteiger partial charge on any atom is -0.481 e. The van der Waals surface area contributed by atoms with Gasteiger partial charge in [-0.15, -0.1) is 0 Å². The Hall–Kier alpha value is -2.06. The van der Waals surface area contributed by atoms with Gasteiger partial charge in [0, 0.05) is 36.8 Å². The lowest BCUT2D eigenvalue weighted by molar-refractivity contribution is -0.192. The molecule has 4 unspecified atom stereocenters. The Kier molecular flexibility index (Phi) is 12.1. The second-order valence-corrected chi connectivity index (χ2v) is 13.0. The van der Waals surface area contributed by atoms with Crippen LogP contribution >= 0.6 is 12.2 Å².